The number of aryl methyl sites for hydroxylation is 1. The van der Waals surface area contributed by atoms with E-state index in [1.807, 2.05) is 16.9 Å². The standard InChI is InChI=1S/C25H35N7O2S/c1-14(2)32-12-11-20(30-32)27-25-28-23(34-17-8-6-16(7-9-17)31(3)4)21-18-13-15(22(26)33)5-10-19(18)35-24(21)29-25/h11-12,14-17H,5-10,13H2,1-4H3,(H2,26,33)(H,27,28,29,30)/t15-,16-,17-/m1/s1. The van der Waals surface area contributed by atoms with Crippen molar-refractivity contribution in [3.63, 3.8) is 0 Å². The lowest BCUT2D eigenvalue weighted by atomic mass is 9.87. The number of carbonyl (C=O) groups is 1. The van der Waals surface area contributed by atoms with E-state index in [1.54, 1.807) is 11.3 Å². The van der Waals surface area contributed by atoms with Gasteiger partial charge in [0.2, 0.25) is 17.7 Å². The molecule has 1 atom stereocenters. The van der Waals surface area contributed by atoms with Gasteiger partial charge in [0.15, 0.2) is 5.82 Å². The molecule has 3 aromatic heterocycles. The smallest absolute Gasteiger partial charge is 0.233 e. The number of nitrogens with two attached hydrogens (primary N) is 1. The third-order valence-corrected chi connectivity index (χ3v) is 8.49. The van der Waals surface area contributed by atoms with Crippen LogP contribution in [0, 0.1) is 5.92 Å². The van der Waals surface area contributed by atoms with Gasteiger partial charge in [0.05, 0.1) is 5.39 Å². The lowest BCUT2D eigenvalue weighted by Crippen LogP contribution is -2.35. The Bertz CT molecular complexity index is 1210. The number of hydrogen-bond donors (Lipinski definition) is 2. The highest BCUT2D eigenvalue weighted by atomic mass is 32.1. The Morgan fingerprint density at radius 3 is 2.66 bits per heavy atom. The number of amides is 1. The van der Waals surface area contributed by atoms with Crippen molar-refractivity contribution in [2.24, 2.45) is 11.7 Å². The third-order valence-electron chi connectivity index (χ3n) is 7.30. The number of hydrogen-bond acceptors (Lipinski definition) is 8. The predicted octanol–water partition coefficient (Wildman–Crippen LogP) is 4.05. The molecule has 10 heteroatoms. The average molecular weight is 498 g/mol. The molecule has 0 radical (unpaired) electrons. The van der Waals surface area contributed by atoms with Gasteiger partial charge in [0.1, 0.15) is 10.9 Å². The van der Waals surface area contributed by atoms with E-state index in [0.717, 1.165) is 54.3 Å². The van der Waals surface area contributed by atoms with E-state index >= 15 is 0 Å². The fourth-order valence-electron chi connectivity index (χ4n) is 5.17. The molecule has 3 heterocycles. The minimum Gasteiger partial charge on any atom is -0.474 e. The van der Waals surface area contributed by atoms with Gasteiger partial charge < -0.3 is 20.7 Å². The second kappa shape index (κ2) is 9.73. The number of carbonyl (C=O) groups excluding carboxylic acids is 1. The third kappa shape index (κ3) is 4.99. The van der Waals surface area contributed by atoms with Crippen LogP contribution < -0.4 is 15.8 Å². The summed E-state index contributed by atoms with van der Waals surface area (Å²) in [6.45, 7) is 4.18. The monoisotopic (exact) mass is 497 g/mol. The second-order valence-corrected chi connectivity index (χ2v) is 11.4. The predicted molar refractivity (Wildman–Crippen MR) is 138 cm³/mol. The molecule has 1 fully saturated rings. The summed E-state index contributed by atoms with van der Waals surface area (Å²) in [4.78, 5) is 26.1. The molecule has 0 bridgehead atoms. The van der Waals surface area contributed by atoms with Crippen molar-refractivity contribution in [3.05, 3.63) is 22.7 Å². The summed E-state index contributed by atoms with van der Waals surface area (Å²) >= 11 is 1.67. The van der Waals surface area contributed by atoms with Gasteiger partial charge in [-0.1, -0.05) is 0 Å². The first-order valence-corrected chi connectivity index (χ1v) is 13.4. The largest absolute Gasteiger partial charge is 0.474 e. The molecule has 1 saturated carbocycles. The molecule has 0 spiro atoms. The van der Waals surface area contributed by atoms with Crippen molar-refractivity contribution in [2.45, 2.75) is 77.0 Å². The van der Waals surface area contributed by atoms with Gasteiger partial charge in [-0.3, -0.25) is 9.48 Å². The van der Waals surface area contributed by atoms with E-state index in [4.69, 9.17) is 20.4 Å². The maximum absolute atomic E-state index is 12.0. The second-order valence-electron chi connectivity index (χ2n) is 10.3. The number of fused-ring (bicyclic) bond motifs is 3. The molecule has 3 N–H and O–H groups in total. The van der Waals surface area contributed by atoms with Crippen molar-refractivity contribution in [1.82, 2.24) is 24.6 Å². The van der Waals surface area contributed by atoms with E-state index in [0.29, 0.717) is 30.1 Å². The lowest BCUT2D eigenvalue weighted by molar-refractivity contribution is -0.122. The molecule has 3 aromatic rings. The van der Waals surface area contributed by atoms with Crippen LogP contribution in [0.2, 0.25) is 0 Å². The number of rotatable bonds is 7. The van der Waals surface area contributed by atoms with Crippen LogP contribution in [-0.4, -0.2) is 56.8 Å². The highest BCUT2D eigenvalue weighted by Gasteiger charge is 2.31. The van der Waals surface area contributed by atoms with Gasteiger partial charge >= 0.3 is 0 Å². The lowest BCUT2D eigenvalue weighted by Gasteiger charge is -2.32. The van der Waals surface area contributed by atoms with E-state index in [-0.39, 0.29) is 24.0 Å². The molecule has 188 valence electrons. The van der Waals surface area contributed by atoms with Gasteiger partial charge in [-0.2, -0.15) is 10.1 Å². The quantitative estimate of drug-likeness (QED) is 0.506. The van der Waals surface area contributed by atoms with Crippen LogP contribution in [0.5, 0.6) is 5.88 Å². The number of nitrogens with zero attached hydrogens (tertiary/aromatic N) is 5. The highest BCUT2D eigenvalue weighted by Crippen LogP contribution is 2.42. The summed E-state index contributed by atoms with van der Waals surface area (Å²) < 4.78 is 8.49. The molecule has 9 nitrogen and oxygen atoms in total. The maximum Gasteiger partial charge on any atom is 0.233 e. The zero-order valence-electron chi connectivity index (χ0n) is 21.0. The highest BCUT2D eigenvalue weighted by molar-refractivity contribution is 7.18. The summed E-state index contributed by atoms with van der Waals surface area (Å²) in [5.74, 6) is 1.40. The first-order valence-electron chi connectivity index (χ1n) is 12.5. The van der Waals surface area contributed by atoms with Crippen LogP contribution in [0.25, 0.3) is 10.2 Å². The molecule has 0 aliphatic heterocycles. The molecular weight excluding hydrogens is 462 g/mol. The topological polar surface area (TPSA) is 111 Å². The van der Waals surface area contributed by atoms with Crippen LogP contribution in [-0.2, 0) is 17.6 Å². The number of thiophene rings is 1. The molecule has 0 aromatic carbocycles. The normalized spacial score (nSPS) is 22.5. The Morgan fingerprint density at radius 2 is 2.00 bits per heavy atom. The minimum atomic E-state index is -0.237. The van der Waals surface area contributed by atoms with Crippen molar-refractivity contribution in [1.29, 1.82) is 0 Å². The molecular formula is C25H35N7O2S. The Labute approximate surface area is 210 Å². The number of aromatic nitrogens is 4. The molecule has 0 saturated heterocycles. The number of anilines is 2. The van der Waals surface area contributed by atoms with Crippen LogP contribution >= 0.6 is 11.3 Å². The number of ether oxygens (including phenoxy) is 1. The van der Waals surface area contributed by atoms with Crippen LogP contribution in [0.3, 0.4) is 0 Å². The summed E-state index contributed by atoms with van der Waals surface area (Å²) in [6, 6.07) is 2.79. The van der Waals surface area contributed by atoms with Crippen molar-refractivity contribution < 1.29 is 9.53 Å². The maximum atomic E-state index is 12.0. The Kier molecular flexibility index (Phi) is 6.67. The number of primary amides is 1. The molecule has 5 rings (SSSR count). The van der Waals surface area contributed by atoms with Gasteiger partial charge in [0.25, 0.3) is 0 Å². The average Bonchev–Trinajstić information content (AvgIpc) is 3.43. The SMILES string of the molecule is CC(C)n1ccc(Nc2nc(O[C@H]3CC[C@H](N(C)C)CC3)c3c4c(sc3n2)CC[C@@H](C(N)=O)C4)n1. The fraction of sp³-hybridized carbons (Fsp3) is 0.600. The van der Waals surface area contributed by atoms with Gasteiger partial charge in [-0.15, -0.1) is 11.3 Å². The molecule has 2 aliphatic carbocycles. The van der Waals surface area contributed by atoms with E-state index in [9.17, 15) is 4.79 Å². The van der Waals surface area contributed by atoms with Crippen molar-refractivity contribution in [2.75, 3.05) is 19.4 Å². The van der Waals surface area contributed by atoms with Crippen LogP contribution in [0.15, 0.2) is 12.3 Å². The Morgan fingerprint density at radius 1 is 1.23 bits per heavy atom. The van der Waals surface area contributed by atoms with E-state index < -0.39 is 0 Å². The summed E-state index contributed by atoms with van der Waals surface area (Å²) in [5, 5.41) is 8.80. The van der Waals surface area contributed by atoms with Crippen LogP contribution in [0.4, 0.5) is 11.8 Å². The van der Waals surface area contributed by atoms with Gasteiger partial charge in [-0.05, 0) is 78.5 Å². The summed E-state index contributed by atoms with van der Waals surface area (Å²) in [7, 11) is 4.29. The Hall–Kier alpha value is -2.72. The fourth-order valence-corrected chi connectivity index (χ4v) is 6.38. The summed E-state index contributed by atoms with van der Waals surface area (Å²) in [5.41, 5.74) is 6.81. The number of nitrogens with one attached hydrogen (secondary N) is 1. The van der Waals surface area contributed by atoms with Crippen molar-refractivity contribution in [3.8, 4) is 5.88 Å². The zero-order valence-corrected chi connectivity index (χ0v) is 21.8. The van der Waals surface area contributed by atoms with E-state index in [1.165, 1.54) is 4.88 Å². The first kappa shape index (κ1) is 24.0. The van der Waals surface area contributed by atoms with Gasteiger partial charge in [-0.25, -0.2) is 4.98 Å². The Balaban J connectivity index is 1.48. The molecule has 35 heavy (non-hydrogen) atoms. The molecule has 2 aliphatic rings. The molecule has 1 amide bonds. The van der Waals surface area contributed by atoms with E-state index in [2.05, 4.69) is 43.3 Å². The first-order chi connectivity index (χ1) is 16.8. The zero-order chi connectivity index (χ0) is 24.7. The van der Waals surface area contributed by atoms with Gasteiger partial charge in [0, 0.05) is 35.1 Å². The van der Waals surface area contributed by atoms with Crippen LogP contribution in [0.1, 0.15) is 62.4 Å². The van der Waals surface area contributed by atoms with Crippen molar-refractivity contribution >= 4 is 39.2 Å². The minimum absolute atomic E-state index is 0.114. The molecule has 0 unspecified atom stereocenters. The summed E-state index contributed by atoms with van der Waals surface area (Å²) in [6.07, 6.45) is 8.50.